The van der Waals surface area contributed by atoms with Gasteiger partial charge in [0.05, 0.1) is 27.5 Å². The van der Waals surface area contributed by atoms with Crippen LogP contribution >= 0.6 is 34.4 Å². The number of hydrogen-bond donors (Lipinski definition) is 1. The molecule has 3 aromatic heterocycles. The maximum absolute atomic E-state index is 12.8. The van der Waals surface area contributed by atoms with Crippen LogP contribution in [0.15, 0.2) is 69.8 Å². The molecule has 8 heteroatoms. The number of benzene rings is 2. The Morgan fingerprint density at radius 1 is 1.10 bits per heavy atom. The summed E-state index contributed by atoms with van der Waals surface area (Å²) in [4.78, 5) is 17.5. The summed E-state index contributed by atoms with van der Waals surface area (Å²) in [5.41, 5.74) is 4.28. The largest absolute Gasteiger partial charge is 0.322 e. The molecule has 0 aliphatic heterocycles. The number of nitrogens with zero attached hydrogens (tertiary/aromatic N) is 3. The molecule has 148 valence electrons. The van der Waals surface area contributed by atoms with Crippen molar-refractivity contribution in [1.82, 2.24) is 15.2 Å². The van der Waals surface area contributed by atoms with Crippen molar-refractivity contribution in [3.8, 4) is 0 Å². The Balaban J connectivity index is 1.31. The number of thioether (sulfide) groups is 1. The summed E-state index contributed by atoms with van der Waals surface area (Å²) in [6.45, 7) is 0. The zero-order valence-electron chi connectivity index (χ0n) is 15.7. The fraction of sp³-hybridized carbons (Fsp3) is 0.0909. The molecule has 0 radical (unpaired) electrons. The average Bonchev–Trinajstić information content (AvgIpc) is 3.42. The van der Waals surface area contributed by atoms with Crippen molar-refractivity contribution in [2.75, 3.05) is 11.1 Å². The van der Waals surface area contributed by atoms with Crippen LogP contribution in [0.3, 0.4) is 0 Å². The van der Waals surface area contributed by atoms with E-state index in [-0.39, 0.29) is 5.91 Å². The number of nitrogens with one attached hydrogen (secondary N) is 1. The number of thiazole rings is 1. The van der Waals surface area contributed by atoms with Gasteiger partial charge in [-0.05, 0) is 53.1 Å². The Morgan fingerprint density at radius 2 is 2.03 bits per heavy atom. The quantitative estimate of drug-likeness (QED) is 0.328. The van der Waals surface area contributed by atoms with Gasteiger partial charge >= 0.3 is 0 Å². The van der Waals surface area contributed by atoms with E-state index in [0.29, 0.717) is 11.1 Å². The normalized spacial score (nSPS) is 11.2. The number of amides is 1. The Morgan fingerprint density at radius 3 is 2.93 bits per heavy atom. The number of carbonyl (C=O) groups excluding carboxylic acids is 1. The molecule has 30 heavy (non-hydrogen) atoms. The van der Waals surface area contributed by atoms with Gasteiger partial charge in [0.15, 0.2) is 4.34 Å². The van der Waals surface area contributed by atoms with Gasteiger partial charge in [0.2, 0.25) is 0 Å². The van der Waals surface area contributed by atoms with Crippen molar-refractivity contribution in [2.45, 2.75) is 10.8 Å². The zero-order chi connectivity index (χ0) is 20.3. The monoisotopic (exact) mass is 448 g/mol. The Labute approximate surface area is 185 Å². The van der Waals surface area contributed by atoms with Crippen LogP contribution in [0.2, 0.25) is 0 Å². The molecular formula is C22H16N4OS3. The van der Waals surface area contributed by atoms with E-state index in [1.54, 1.807) is 34.4 Å². The first-order chi connectivity index (χ1) is 14.8. The number of anilines is 1. The summed E-state index contributed by atoms with van der Waals surface area (Å²) in [6.07, 6.45) is 2.55. The molecule has 0 bridgehead atoms. The third-order valence-electron chi connectivity index (χ3n) is 4.61. The Bertz CT molecular complexity index is 1330. The van der Waals surface area contributed by atoms with Crippen LogP contribution in [0.25, 0.3) is 21.1 Å². The molecule has 0 saturated carbocycles. The lowest BCUT2D eigenvalue weighted by atomic mass is 10.1. The van der Waals surface area contributed by atoms with Crippen LogP contribution in [0, 0.1) is 0 Å². The molecule has 1 N–H and O–H groups in total. The Kier molecular flexibility index (Phi) is 5.44. The fourth-order valence-electron chi connectivity index (χ4n) is 3.12. The smallest absolute Gasteiger partial charge is 0.257 e. The van der Waals surface area contributed by atoms with E-state index in [9.17, 15) is 4.79 Å². The van der Waals surface area contributed by atoms with Crippen LogP contribution in [0.5, 0.6) is 0 Å². The minimum Gasteiger partial charge on any atom is -0.322 e. The minimum atomic E-state index is -0.199. The number of aromatic nitrogens is 3. The molecule has 0 aliphatic rings. The van der Waals surface area contributed by atoms with E-state index in [1.165, 1.54) is 11.8 Å². The van der Waals surface area contributed by atoms with E-state index >= 15 is 0 Å². The minimum absolute atomic E-state index is 0.199. The molecule has 1 amide bonds. The molecule has 0 fully saturated rings. The molecule has 0 unspecified atom stereocenters. The summed E-state index contributed by atoms with van der Waals surface area (Å²) < 4.78 is 2.11. The second-order valence-corrected chi connectivity index (χ2v) is 9.77. The first-order valence-electron chi connectivity index (χ1n) is 9.32. The molecule has 5 nitrogen and oxygen atoms in total. The number of thiophene rings is 1. The van der Waals surface area contributed by atoms with Gasteiger partial charge in [0, 0.05) is 16.8 Å². The molecule has 3 heterocycles. The molecule has 2 aromatic carbocycles. The predicted molar refractivity (Wildman–Crippen MR) is 126 cm³/mol. The van der Waals surface area contributed by atoms with E-state index in [2.05, 4.69) is 32.3 Å². The third kappa shape index (κ3) is 4.07. The van der Waals surface area contributed by atoms with Crippen LogP contribution in [-0.2, 0) is 6.42 Å². The van der Waals surface area contributed by atoms with Crippen molar-refractivity contribution < 1.29 is 4.79 Å². The third-order valence-corrected chi connectivity index (χ3v) is 7.51. The van der Waals surface area contributed by atoms with Gasteiger partial charge in [-0.25, -0.2) is 4.98 Å². The summed E-state index contributed by atoms with van der Waals surface area (Å²) >= 11 is 5.16. The van der Waals surface area contributed by atoms with Gasteiger partial charge in [-0.3, -0.25) is 4.79 Å². The summed E-state index contributed by atoms with van der Waals surface area (Å²) in [5, 5.41) is 16.1. The van der Waals surface area contributed by atoms with Gasteiger partial charge in [0.25, 0.3) is 5.91 Å². The zero-order valence-corrected chi connectivity index (χ0v) is 18.2. The predicted octanol–water partition coefficient (Wildman–Crippen LogP) is 5.89. The molecule has 0 saturated heterocycles. The van der Waals surface area contributed by atoms with E-state index in [0.717, 1.165) is 37.8 Å². The maximum Gasteiger partial charge on any atom is 0.257 e. The van der Waals surface area contributed by atoms with Gasteiger partial charge in [-0.2, -0.15) is 21.5 Å². The fourth-order valence-corrected chi connectivity index (χ4v) is 5.99. The van der Waals surface area contributed by atoms with Crippen LogP contribution < -0.4 is 5.32 Å². The highest BCUT2D eigenvalue weighted by atomic mass is 32.2. The lowest BCUT2D eigenvalue weighted by Crippen LogP contribution is -2.13. The topological polar surface area (TPSA) is 67.8 Å². The first kappa shape index (κ1) is 19.2. The number of hydrogen-bond acceptors (Lipinski definition) is 7. The van der Waals surface area contributed by atoms with Crippen LogP contribution in [0.1, 0.15) is 15.9 Å². The molecule has 5 aromatic rings. The lowest BCUT2D eigenvalue weighted by molar-refractivity contribution is 0.102. The van der Waals surface area contributed by atoms with Crippen molar-refractivity contribution in [2.24, 2.45) is 0 Å². The van der Waals surface area contributed by atoms with Crippen molar-refractivity contribution in [1.29, 1.82) is 0 Å². The number of fused-ring (bicyclic) bond motifs is 2. The molecule has 0 spiro atoms. The molecule has 0 aliphatic carbocycles. The number of aryl methyl sites for hydroxylation is 1. The van der Waals surface area contributed by atoms with Gasteiger partial charge < -0.3 is 5.32 Å². The van der Waals surface area contributed by atoms with Crippen LogP contribution in [-0.4, -0.2) is 26.8 Å². The summed E-state index contributed by atoms with van der Waals surface area (Å²) in [7, 11) is 0. The van der Waals surface area contributed by atoms with Crippen LogP contribution in [0.4, 0.5) is 5.69 Å². The number of carbonyl (C=O) groups is 1. The molecular weight excluding hydrogens is 432 g/mol. The molecule has 0 atom stereocenters. The highest BCUT2D eigenvalue weighted by Gasteiger charge is 2.13. The Hall–Kier alpha value is -2.81. The standard InChI is InChI=1S/C22H16N4OS3/c27-21(17-12-23-26-18-4-2-1-3-16(17)18)24-15-5-6-19-20(11-15)30-22(25-19)29-10-8-14-7-9-28-13-14/h1-7,9,11-13H,8,10H2,(H,24,27). The highest BCUT2D eigenvalue weighted by molar-refractivity contribution is 8.01. The van der Waals surface area contributed by atoms with E-state index in [1.807, 2.05) is 42.5 Å². The second kappa shape index (κ2) is 8.51. The van der Waals surface area contributed by atoms with E-state index < -0.39 is 0 Å². The SMILES string of the molecule is O=C(Nc1ccc2nc(SCCc3ccsc3)sc2c1)c1cnnc2ccccc12. The molecule has 5 rings (SSSR count). The summed E-state index contributed by atoms with van der Waals surface area (Å²) in [6, 6.07) is 15.5. The lowest BCUT2D eigenvalue weighted by Gasteiger charge is -2.07. The van der Waals surface area contributed by atoms with Crippen molar-refractivity contribution in [3.05, 3.63) is 76.6 Å². The van der Waals surface area contributed by atoms with Gasteiger partial charge in [-0.15, -0.1) is 11.3 Å². The van der Waals surface area contributed by atoms with Gasteiger partial charge in [-0.1, -0.05) is 30.0 Å². The highest BCUT2D eigenvalue weighted by Crippen LogP contribution is 2.32. The first-order valence-corrected chi connectivity index (χ1v) is 12.1. The summed E-state index contributed by atoms with van der Waals surface area (Å²) in [5.74, 6) is 0.803. The average molecular weight is 449 g/mol. The number of rotatable bonds is 6. The van der Waals surface area contributed by atoms with Gasteiger partial charge in [0.1, 0.15) is 0 Å². The van der Waals surface area contributed by atoms with E-state index in [4.69, 9.17) is 4.98 Å². The second-order valence-electron chi connectivity index (χ2n) is 6.62. The maximum atomic E-state index is 12.8. The van der Waals surface area contributed by atoms with Crippen molar-refractivity contribution >= 4 is 67.1 Å². The van der Waals surface area contributed by atoms with Crippen molar-refractivity contribution in [3.63, 3.8) is 0 Å².